The molecule has 1 N–H and O–H groups in total. The van der Waals surface area contributed by atoms with E-state index in [1.54, 1.807) is 11.3 Å². The highest BCUT2D eigenvalue weighted by molar-refractivity contribution is 7.19. The second kappa shape index (κ2) is 7.79. The number of morpholine rings is 1. The molecule has 0 aromatic carbocycles. The lowest BCUT2D eigenvalue weighted by molar-refractivity contribution is 0.00791. The fourth-order valence-corrected chi connectivity index (χ4v) is 6.00. The molecule has 1 aliphatic carbocycles. The molecule has 8 heteroatoms. The summed E-state index contributed by atoms with van der Waals surface area (Å²) in [7, 11) is 0. The molecule has 1 saturated carbocycles. The number of thiophene rings is 1. The van der Waals surface area contributed by atoms with Crippen LogP contribution in [0, 0.1) is 0 Å². The zero-order chi connectivity index (χ0) is 18.2. The van der Waals surface area contributed by atoms with Crippen LogP contribution >= 0.6 is 22.9 Å². The molecule has 146 valence electrons. The summed E-state index contributed by atoms with van der Waals surface area (Å²) >= 11 is 7.91. The van der Waals surface area contributed by atoms with Crippen LogP contribution in [-0.4, -0.2) is 59.9 Å². The van der Waals surface area contributed by atoms with Crippen LogP contribution in [0.4, 0.5) is 5.82 Å². The van der Waals surface area contributed by atoms with Gasteiger partial charge in [-0.1, -0.05) is 0 Å². The van der Waals surface area contributed by atoms with Gasteiger partial charge in [-0.3, -0.25) is 4.90 Å². The number of ether oxygens (including phenoxy) is 2. The third-order valence-electron chi connectivity index (χ3n) is 6.04. The van der Waals surface area contributed by atoms with E-state index in [-0.39, 0.29) is 0 Å². The minimum Gasteiger partial charge on any atom is -0.379 e. The molecule has 2 aromatic heterocycles. The second-order valence-corrected chi connectivity index (χ2v) is 9.05. The first kappa shape index (κ1) is 18.1. The summed E-state index contributed by atoms with van der Waals surface area (Å²) in [6.45, 7) is 5.36. The van der Waals surface area contributed by atoms with Crippen molar-refractivity contribution < 1.29 is 9.47 Å². The summed E-state index contributed by atoms with van der Waals surface area (Å²) in [6.07, 6.45) is 5.73. The summed E-state index contributed by atoms with van der Waals surface area (Å²) in [5.41, 5.74) is 1.35. The smallest absolute Gasteiger partial charge is 0.225 e. The second-order valence-electron chi connectivity index (χ2n) is 7.63. The minimum absolute atomic E-state index is 0.325. The minimum atomic E-state index is 0.325. The number of rotatable bonds is 3. The Bertz CT molecular complexity index is 816. The highest BCUT2D eigenvalue weighted by Gasteiger charge is 2.28. The molecule has 4 heterocycles. The molecular formula is C19H25ClN4O2S. The van der Waals surface area contributed by atoms with Gasteiger partial charge in [-0.25, -0.2) is 9.97 Å². The van der Waals surface area contributed by atoms with E-state index in [4.69, 9.17) is 21.1 Å². The number of hydrogen-bond acceptors (Lipinski definition) is 7. The highest BCUT2D eigenvalue weighted by atomic mass is 35.5. The molecule has 0 amide bonds. The van der Waals surface area contributed by atoms with Gasteiger partial charge in [0.1, 0.15) is 10.6 Å². The predicted molar refractivity (Wildman–Crippen MR) is 108 cm³/mol. The SMILES string of the molecule is Clc1nc(N[C@H]2CC[C@H](N3CCOCC3)CC2)c2c3c(sc2n1)COCC3. The van der Waals surface area contributed by atoms with Crippen molar-refractivity contribution in [2.75, 3.05) is 38.2 Å². The van der Waals surface area contributed by atoms with Crippen LogP contribution in [0.1, 0.15) is 36.1 Å². The third-order valence-corrected chi connectivity index (χ3v) is 7.30. The molecule has 1 saturated heterocycles. The topological polar surface area (TPSA) is 59.5 Å². The number of halogens is 1. The number of anilines is 1. The van der Waals surface area contributed by atoms with Crippen molar-refractivity contribution in [2.45, 2.75) is 50.8 Å². The van der Waals surface area contributed by atoms with Crippen LogP contribution in [0.5, 0.6) is 0 Å². The van der Waals surface area contributed by atoms with Gasteiger partial charge in [0.25, 0.3) is 0 Å². The Morgan fingerprint density at radius 1 is 1.04 bits per heavy atom. The largest absolute Gasteiger partial charge is 0.379 e. The third kappa shape index (κ3) is 3.68. The Hall–Kier alpha value is -0.990. The van der Waals surface area contributed by atoms with E-state index in [0.717, 1.165) is 55.4 Å². The predicted octanol–water partition coefficient (Wildman–Crippen LogP) is 3.47. The van der Waals surface area contributed by atoms with Gasteiger partial charge in [-0.05, 0) is 49.3 Å². The fourth-order valence-electron chi connectivity index (χ4n) is 4.62. The van der Waals surface area contributed by atoms with Crippen LogP contribution in [-0.2, 0) is 22.5 Å². The van der Waals surface area contributed by atoms with Crippen molar-refractivity contribution in [3.8, 4) is 0 Å². The van der Waals surface area contributed by atoms with Gasteiger partial charge in [0.2, 0.25) is 5.28 Å². The monoisotopic (exact) mass is 408 g/mol. The van der Waals surface area contributed by atoms with Gasteiger partial charge < -0.3 is 14.8 Å². The average molecular weight is 409 g/mol. The summed E-state index contributed by atoms with van der Waals surface area (Å²) < 4.78 is 11.1. The van der Waals surface area contributed by atoms with Crippen molar-refractivity contribution >= 4 is 39.0 Å². The molecule has 6 nitrogen and oxygen atoms in total. The van der Waals surface area contributed by atoms with Crippen molar-refractivity contribution in [1.82, 2.24) is 14.9 Å². The maximum absolute atomic E-state index is 6.22. The number of fused-ring (bicyclic) bond motifs is 3. The number of nitrogens with zero attached hydrogens (tertiary/aromatic N) is 3. The van der Waals surface area contributed by atoms with Crippen LogP contribution in [0.25, 0.3) is 10.2 Å². The molecule has 2 aliphatic heterocycles. The molecular weight excluding hydrogens is 384 g/mol. The van der Waals surface area contributed by atoms with Gasteiger partial charge in [-0.15, -0.1) is 11.3 Å². The standard InChI is InChI=1S/C19H25ClN4O2S/c20-19-22-17(16-14-5-8-26-11-15(14)27-18(16)23-19)21-12-1-3-13(4-2-12)24-6-9-25-10-7-24/h12-13H,1-11H2,(H,21,22,23)/t12-,13-. The number of hydrogen-bond donors (Lipinski definition) is 1. The summed E-state index contributed by atoms with van der Waals surface area (Å²) in [5, 5.41) is 5.20. The van der Waals surface area contributed by atoms with E-state index >= 15 is 0 Å². The fraction of sp³-hybridized carbons (Fsp3) is 0.684. The lowest BCUT2D eigenvalue weighted by Crippen LogP contribution is -2.46. The quantitative estimate of drug-likeness (QED) is 0.784. The van der Waals surface area contributed by atoms with Gasteiger partial charge in [0.05, 0.1) is 31.8 Å². The summed E-state index contributed by atoms with van der Waals surface area (Å²) in [4.78, 5) is 13.9. The Balaban J connectivity index is 1.32. The lowest BCUT2D eigenvalue weighted by Gasteiger charge is -2.39. The van der Waals surface area contributed by atoms with E-state index in [0.29, 0.717) is 24.0 Å². The molecule has 3 aliphatic rings. The zero-order valence-electron chi connectivity index (χ0n) is 15.4. The van der Waals surface area contributed by atoms with Gasteiger partial charge >= 0.3 is 0 Å². The Morgan fingerprint density at radius 3 is 2.67 bits per heavy atom. The van der Waals surface area contributed by atoms with Crippen molar-refractivity contribution in [3.05, 3.63) is 15.7 Å². The van der Waals surface area contributed by atoms with E-state index in [1.807, 2.05) is 0 Å². The van der Waals surface area contributed by atoms with Crippen LogP contribution in [0.2, 0.25) is 5.28 Å². The van der Waals surface area contributed by atoms with Crippen molar-refractivity contribution in [1.29, 1.82) is 0 Å². The highest BCUT2D eigenvalue weighted by Crippen LogP contribution is 2.38. The Labute approximate surface area is 168 Å². The van der Waals surface area contributed by atoms with Crippen LogP contribution < -0.4 is 5.32 Å². The normalized spacial score (nSPS) is 26.9. The molecule has 5 rings (SSSR count). The number of aromatic nitrogens is 2. The first-order chi connectivity index (χ1) is 13.3. The van der Waals surface area contributed by atoms with Crippen molar-refractivity contribution in [3.63, 3.8) is 0 Å². The maximum Gasteiger partial charge on any atom is 0.225 e. The van der Waals surface area contributed by atoms with Gasteiger partial charge in [-0.2, -0.15) is 0 Å². The Morgan fingerprint density at radius 2 is 1.85 bits per heavy atom. The van der Waals surface area contributed by atoms with E-state index < -0.39 is 0 Å². The lowest BCUT2D eigenvalue weighted by atomic mass is 9.90. The first-order valence-electron chi connectivity index (χ1n) is 9.92. The number of nitrogens with one attached hydrogen (secondary N) is 1. The first-order valence-corrected chi connectivity index (χ1v) is 11.1. The molecule has 0 spiro atoms. The molecule has 27 heavy (non-hydrogen) atoms. The average Bonchev–Trinajstić information content (AvgIpc) is 3.07. The molecule has 2 aromatic rings. The molecule has 0 atom stereocenters. The molecule has 2 fully saturated rings. The van der Waals surface area contributed by atoms with Crippen LogP contribution in [0.3, 0.4) is 0 Å². The van der Waals surface area contributed by atoms with E-state index in [1.165, 1.54) is 36.1 Å². The van der Waals surface area contributed by atoms with Crippen LogP contribution in [0.15, 0.2) is 0 Å². The molecule has 0 radical (unpaired) electrons. The maximum atomic E-state index is 6.22. The van der Waals surface area contributed by atoms with Gasteiger partial charge in [0, 0.05) is 30.1 Å². The molecule has 0 bridgehead atoms. The summed E-state index contributed by atoms with van der Waals surface area (Å²) in [6, 6.07) is 1.15. The van der Waals surface area contributed by atoms with Gasteiger partial charge in [0.15, 0.2) is 0 Å². The molecule has 0 unspecified atom stereocenters. The Kier molecular flexibility index (Phi) is 5.21. The van der Waals surface area contributed by atoms with E-state index in [9.17, 15) is 0 Å². The van der Waals surface area contributed by atoms with E-state index in [2.05, 4.69) is 20.2 Å². The van der Waals surface area contributed by atoms with Crippen molar-refractivity contribution in [2.24, 2.45) is 0 Å². The zero-order valence-corrected chi connectivity index (χ0v) is 16.9. The summed E-state index contributed by atoms with van der Waals surface area (Å²) in [5.74, 6) is 0.916.